The van der Waals surface area contributed by atoms with Gasteiger partial charge in [0, 0.05) is 21.8 Å². The number of aliphatic hydroxyl groups excluding tert-OH is 1. The summed E-state index contributed by atoms with van der Waals surface area (Å²) in [6.45, 7) is 0.610. The monoisotopic (exact) mass is 514 g/mol. The van der Waals surface area contributed by atoms with Crippen LogP contribution in [0.1, 0.15) is 40.1 Å². The number of nitrogens with zero attached hydrogens (tertiary/aromatic N) is 3. The third-order valence-electron chi connectivity index (χ3n) is 4.47. The first-order valence-corrected chi connectivity index (χ1v) is 9.83. The van der Waals surface area contributed by atoms with Crippen LogP contribution in [-0.4, -0.2) is 25.8 Å². The summed E-state index contributed by atoms with van der Waals surface area (Å²) < 4.78 is 54.7. The molecule has 2 N–H and O–H groups in total. The van der Waals surface area contributed by atoms with E-state index in [9.17, 15) is 32.3 Å². The minimum atomic E-state index is -4.89. The smallest absolute Gasteiger partial charge is 0.391 e. The Hall–Kier alpha value is -3.12. The molecule has 0 aliphatic rings. The number of benzene rings is 1. The first kappa shape index (κ1) is 23.5. The maximum Gasteiger partial charge on any atom is 0.419 e. The number of halogens is 5. The summed E-state index contributed by atoms with van der Waals surface area (Å²) in [5, 5.41) is 15.8. The number of hydrogen-bond acceptors (Lipinski definition) is 5. The number of nitrogens with one attached hydrogen (secondary N) is 1. The molecule has 3 rings (SSSR count). The van der Waals surface area contributed by atoms with Gasteiger partial charge in [0.2, 0.25) is 0 Å². The van der Waals surface area contributed by atoms with E-state index in [1.807, 2.05) is 0 Å². The van der Waals surface area contributed by atoms with Crippen molar-refractivity contribution in [1.29, 1.82) is 0 Å². The second kappa shape index (κ2) is 9.17. The summed E-state index contributed by atoms with van der Waals surface area (Å²) in [6, 6.07) is 4.16. The van der Waals surface area contributed by atoms with Gasteiger partial charge in [0.25, 0.3) is 11.5 Å². The minimum absolute atomic E-state index is 0.150. The Kier molecular flexibility index (Phi) is 6.74. The van der Waals surface area contributed by atoms with Crippen LogP contribution in [-0.2, 0) is 12.8 Å². The van der Waals surface area contributed by atoms with Gasteiger partial charge in [-0.05, 0) is 41.1 Å². The molecule has 0 saturated heterocycles. The maximum atomic E-state index is 14.4. The lowest BCUT2D eigenvalue weighted by Gasteiger charge is -2.18. The quantitative estimate of drug-likeness (QED) is 0.507. The van der Waals surface area contributed by atoms with Crippen LogP contribution >= 0.6 is 15.9 Å². The molecule has 3 aromatic rings. The summed E-state index contributed by atoms with van der Waals surface area (Å²) >= 11 is 3.20. The highest BCUT2D eigenvalue weighted by molar-refractivity contribution is 9.10. The highest BCUT2D eigenvalue weighted by Crippen LogP contribution is 2.33. The lowest BCUT2D eigenvalue weighted by atomic mass is 10.0. The van der Waals surface area contributed by atoms with E-state index in [-0.39, 0.29) is 22.5 Å². The molecule has 1 amide bonds. The van der Waals surface area contributed by atoms with Gasteiger partial charge in [-0.15, -0.1) is 0 Å². The number of aliphatic hydroxyl groups is 1. The van der Waals surface area contributed by atoms with Crippen LogP contribution in [0.25, 0.3) is 5.69 Å². The number of hydrogen-bond donors (Lipinski definition) is 2. The maximum absolute atomic E-state index is 14.4. The number of carbonyl (C=O) groups excluding carboxylic acids is 1. The van der Waals surface area contributed by atoms with Crippen molar-refractivity contribution in [3.05, 3.63) is 85.8 Å². The van der Waals surface area contributed by atoms with Crippen molar-refractivity contribution in [2.45, 2.75) is 25.7 Å². The molecular weight excluding hydrogens is 500 g/mol. The Morgan fingerprint density at radius 3 is 2.62 bits per heavy atom. The lowest BCUT2D eigenvalue weighted by Crippen LogP contribution is -2.33. The molecular formula is C20H15BrF4N4O3. The fourth-order valence-corrected chi connectivity index (χ4v) is 3.26. The molecule has 2 aromatic heterocycles. The molecule has 0 unspecified atom stereocenters. The Morgan fingerprint density at radius 1 is 1.28 bits per heavy atom. The van der Waals surface area contributed by atoms with Gasteiger partial charge in [-0.1, -0.05) is 12.1 Å². The fraction of sp³-hybridized carbons (Fsp3) is 0.200. The summed E-state index contributed by atoms with van der Waals surface area (Å²) in [5.74, 6) is -2.39. The average Bonchev–Trinajstić information content (AvgIpc) is 2.73. The van der Waals surface area contributed by atoms with Crippen molar-refractivity contribution in [1.82, 2.24) is 20.1 Å². The number of pyridine rings is 1. The Balaban J connectivity index is 1.97. The van der Waals surface area contributed by atoms with E-state index in [1.165, 1.54) is 25.4 Å². The molecule has 0 spiro atoms. The number of alkyl halides is 3. The highest BCUT2D eigenvalue weighted by Gasteiger charge is 2.35. The van der Waals surface area contributed by atoms with Crippen molar-refractivity contribution in [3.63, 3.8) is 0 Å². The molecule has 168 valence electrons. The Morgan fingerprint density at radius 2 is 2.00 bits per heavy atom. The third-order valence-corrected chi connectivity index (χ3v) is 4.91. The van der Waals surface area contributed by atoms with Gasteiger partial charge in [0.05, 0.1) is 30.1 Å². The van der Waals surface area contributed by atoms with E-state index < -0.39 is 41.7 Å². The van der Waals surface area contributed by atoms with E-state index in [1.54, 1.807) is 0 Å². The molecule has 32 heavy (non-hydrogen) atoms. The predicted molar refractivity (Wildman–Crippen MR) is 109 cm³/mol. The van der Waals surface area contributed by atoms with Crippen LogP contribution in [0.5, 0.6) is 0 Å². The molecule has 0 saturated carbocycles. The summed E-state index contributed by atoms with van der Waals surface area (Å²) in [4.78, 5) is 29.1. The highest BCUT2D eigenvalue weighted by atomic mass is 79.9. The minimum Gasteiger partial charge on any atom is -0.391 e. The number of rotatable bonds is 5. The van der Waals surface area contributed by atoms with Gasteiger partial charge in [-0.2, -0.15) is 23.0 Å². The SMILES string of the molecule is C[C@@H](NC(=O)c1cc(CO)c(=O)n(-c2cncc(Br)c2)n1)c1cccc(C(F)(F)F)c1F. The second-order valence-electron chi connectivity index (χ2n) is 6.69. The molecule has 12 heteroatoms. The third kappa shape index (κ3) is 4.86. The molecule has 0 fully saturated rings. The predicted octanol–water partition coefficient (Wildman–Crippen LogP) is 3.53. The molecule has 0 radical (unpaired) electrons. The van der Waals surface area contributed by atoms with Crippen LogP contribution in [0.4, 0.5) is 17.6 Å². The zero-order chi connectivity index (χ0) is 23.6. The van der Waals surface area contributed by atoms with Gasteiger partial charge < -0.3 is 10.4 Å². The van der Waals surface area contributed by atoms with Crippen LogP contribution in [0.15, 0.2) is 52.0 Å². The lowest BCUT2D eigenvalue weighted by molar-refractivity contribution is -0.140. The Bertz CT molecular complexity index is 1230. The number of amides is 1. The fourth-order valence-electron chi connectivity index (χ4n) is 2.91. The molecule has 7 nitrogen and oxygen atoms in total. The van der Waals surface area contributed by atoms with Crippen LogP contribution in [0.3, 0.4) is 0 Å². The topological polar surface area (TPSA) is 97.1 Å². The Labute approximate surface area is 186 Å². The van der Waals surface area contributed by atoms with Gasteiger partial charge in [-0.25, -0.2) is 4.39 Å². The second-order valence-corrected chi connectivity index (χ2v) is 7.61. The molecule has 0 bridgehead atoms. The number of aromatic nitrogens is 3. The molecule has 0 aliphatic heterocycles. The standard InChI is InChI=1S/C20H15BrF4N4O3/c1-10(14-3-2-4-15(17(14)22)20(23,24)25)27-18(31)16-5-11(9-30)19(32)29(28-16)13-6-12(21)7-26-8-13/h2-8,10,30H,9H2,1H3,(H,27,31)/t10-/m1/s1. The molecule has 1 aromatic carbocycles. The van der Waals surface area contributed by atoms with Crippen LogP contribution in [0.2, 0.25) is 0 Å². The summed E-state index contributed by atoms with van der Waals surface area (Å²) in [5.41, 5.74) is -2.78. The van der Waals surface area contributed by atoms with Crippen molar-refractivity contribution in [3.8, 4) is 5.69 Å². The summed E-state index contributed by atoms with van der Waals surface area (Å²) in [7, 11) is 0. The van der Waals surface area contributed by atoms with Crippen molar-refractivity contribution < 1.29 is 27.5 Å². The first-order chi connectivity index (χ1) is 15.0. The van der Waals surface area contributed by atoms with E-state index in [4.69, 9.17) is 0 Å². The molecule has 2 heterocycles. The van der Waals surface area contributed by atoms with Gasteiger partial charge >= 0.3 is 6.18 Å². The largest absolute Gasteiger partial charge is 0.419 e. The van der Waals surface area contributed by atoms with E-state index in [0.717, 1.165) is 22.9 Å². The molecule has 0 aliphatic carbocycles. The zero-order valence-electron chi connectivity index (χ0n) is 16.3. The zero-order valence-corrected chi connectivity index (χ0v) is 17.9. The van der Waals surface area contributed by atoms with Crippen LogP contribution < -0.4 is 10.9 Å². The van der Waals surface area contributed by atoms with Gasteiger partial charge in [0.1, 0.15) is 11.5 Å². The van der Waals surface area contributed by atoms with E-state index in [2.05, 4.69) is 31.3 Å². The molecule has 1 atom stereocenters. The van der Waals surface area contributed by atoms with Crippen molar-refractivity contribution in [2.24, 2.45) is 0 Å². The summed E-state index contributed by atoms with van der Waals surface area (Å²) in [6.07, 6.45) is -2.12. The number of carbonyl (C=O) groups is 1. The van der Waals surface area contributed by atoms with Gasteiger partial charge in [-0.3, -0.25) is 14.6 Å². The normalized spacial score (nSPS) is 12.5. The van der Waals surface area contributed by atoms with Crippen molar-refractivity contribution in [2.75, 3.05) is 0 Å². The van der Waals surface area contributed by atoms with Crippen molar-refractivity contribution >= 4 is 21.8 Å². The van der Waals surface area contributed by atoms with E-state index >= 15 is 0 Å². The van der Waals surface area contributed by atoms with Crippen LogP contribution in [0, 0.1) is 5.82 Å². The first-order valence-electron chi connectivity index (χ1n) is 9.04. The van der Waals surface area contributed by atoms with Gasteiger partial charge in [0.15, 0.2) is 0 Å². The van der Waals surface area contributed by atoms with E-state index in [0.29, 0.717) is 10.5 Å². The average molecular weight is 515 g/mol.